The molecule has 2 aromatic carbocycles. The van der Waals surface area contributed by atoms with Crippen LogP contribution in [-0.4, -0.2) is 44.5 Å². The van der Waals surface area contributed by atoms with E-state index in [1.54, 1.807) is 24.3 Å². The first-order chi connectivity index (χ1) is 14.2. The number of likely N-dealkylation sites (tertiary alicyclic amines) is 1. The normalized spacial score (nSPS) is 14.7. The summed E-state index contributed by atoms with van der Waals surface area (Å²) in [4.78, 5) is 27.7. The zero-order valence-corrected chi connectivity index (χ0v) is 18.2. The fourth-order valence-electron chi connectivity index (χ4n) is 3.39. The topological polar surface area (TPSA) is 95.6 Å². The van der Waals surface area contributed by atoms with Gasteiger partial charge in [0.1, 0.15) is 0 Å². The quantitative estimate of drug-likeness (QED) is 0.721. The van der Waals surface area contributed by atoms with E-state index < -0.39 is 15.9 Å². The van der Waals surface area contributed by atoms with E-state index in [1.807, 2.05) is 4.90 Å². The summed E-state index contributed by atoms with van der Waals surface area (Å²) < 4.78 is 25.2. The summed E-state index contributed by atoms with van der Waals surface area (Å²) in [7, 11) is -3.50. The lowest BCUT2D eigenvalue weighted by Crippen LogP contribution is -2.32. The Morgan fingerprint density at radius 2 is 1.63 bits per heavy atom. The molecule has 1 heterocycles. The minimum Gasteiger partial charge on any atom is -0.339 e. The third kappa shape index (κ3) is 5.73. The molecule has 1 aliphatic rings. The van der Waals surface area contributed by atoms with Gasteiger partial charge in [-0.2, -0.15) is 0 Å². The van der Waals surface area contributed by atoms with Crippen LogP contribution in [0, 0.1) is 0 Å². The van der Waals surface area contributed by atoms with Crippen molar-refractivity contribution in [3.63, 3.8) is 0 Å². The van der Waals surface area contributed by atoms with E-state index in [1.165, 1.54) is 18.2 Å². The third-order valence-corrected chi connectivity index (χ3v) is 5.75. The van der Waals surface area contributed by atoms with Gasteiger partial charge in [-0.25, -0.2) is 8.42 Å². The Morgan fingerprint density at radius 3 is 2.30 bits per heavy atom. The Hall–Kier alpha value is -2.58. The molecule has 7 nitrogen and oxygen atoms in total. The summed E-state index contributed by atoms with van der Waals surface area (Å²) in [6, 6.07) is 11.1. The van der Waals surface area contributed by atoms with Gasteiger partial charge < -0.3 is 10.2 Å². The number of halogens is 1. The molecule has 1 saturated heterocycles. The van der Waals surface area contributed by atoms with Crippen LogP contribution in [-0.2, 0) is 10.0 Å². The number of para-hydroxylation sites is 1. The van der Waals surface area contributed by atoms with Crippen LogP contribution in [0.5, 0.6) is 0 Å². The molecule has 0 radical (unpaired) electrons. The van der Waals surface area contributed by atoms with Crippen LogP contribution in [0.4, 0.5) is 11.4 Å². The van der Waals surface area contributed by atoms with Crippen molar-refractivity contribution in [2.24, 2.45) is 0 Å². The SMILES string of the molecule is CS(=O)(=O)Nc1ccc(Cl)c(C(=O)Nc2ccccc2C(=O)N2CCCCCC2)c1. The van der Waals surface area contributed by atoms with E-state index in [0.29, 0.717) is 24.3 Å². The van der Waals surface area contributed by atoms with Gasteiger partial charge in [0.15, 0.2) is 0 Å². The maximum atomic E-state index is 13.0. The lowest BCUT2D eigenvalue weighted by molar-refractivity contribution is 0.0762. The van der Waals surface area contributed by atoms with Gasteiger partial charge in [-0.3, -0.25) is 14.3 Å². The summed E-state index contributed by atoms with van der Waals surface area (Å²) in [6.45, 7) is 1.40. The van der Waals surface area contributed by atoms with Crippen molar-refractivity contribution in [3.05, 3.63) is 58.6 Å². The van der Waals surface area contributed by atoms with Gasteiger partial charge in [-0.1, -0.05) is 36.6 Å². The molecule has 2 amide bonds. The fraction of sp³-hybridized carbons (Fsp3) is 0.333. The highest BCUT2D eigenvalue weighted by atomic mass is 35.5. The number of nitrogens with zero attached hydrogens (tertiary/aromatic N) is 1. The van der Waals surface area contributed by atoms with Gasteiger partial charge in [0.2, 0.25) is 10.0 Å². The predicted octanol–water partition coefficient (Wildman–Crippen LogP) is 3.98. The standard InChI is InChI=1S/C21H24ClN3O4S/c1-30(28,29)24-15-10-11-18(22)17(14-15)20(26)23-19-9-5-4-8-16(19)21(27)25-12-6-2-3-7-13-25/h4-5,8-11,14,24H,2-3,6-7,12-13H2,1H3,(H,23,26). The number of hydrogen-bond acceptors (Lipinski definition) is 4. The Labute approximate surface area is 181 Å². The highest BCUT2D eigenvalue weighted by Gasteiger charge is 2.21. The fourth-order valence-corrected chi connectivity index (χ4v) is 4.15. The van der Waals surface area contributed by atoms with E-state index in [4.69, 9.17) is 11.6 Å². The van der Waals surface area contributed by atoms with Gasteiger partial charge >= 0.3 is 0 Å². The van der Waals surface area contributed by atoms with Gasteiger partial charge in [0.05, 0.1) is 28.1 Å². The van der Waals surface area contributed by atoms with Crippen LogP contribution in [0.25, 0.3) is 0 Å². The summed E-state index contributed by atoms with van der Waals surface area (Å²) in [5, 5.41) is 2.91. The molecule has 0 aliphatic carbocycles. The first-order valence-electron chi connectivity index (χ1n) is 9.71. The number of amides is 2. The molecule has 0 aromatic heterocycles. The van der Waals surface area contributed by atoms with Crippen LogP contribution in [0.15, 0.2) is 42.5 Å². The minimum atomic E-state index is -3.50. The third-order valence-electron chi connectivity index (χ3n) is 4.81. The zero-order chi connectivity index (χ0) is 21.7. The Morgan fingerprint density at radius 1 is 0.967 bits per heavy atom. The first kappa shape index (κ1) is 22.1. The van der Waals surface area contributed by atoms with Gasteiger partial charge in [0.25, 0.3) is 11.8 Å². The van der Waals surface area contributed by atoms with E-state index in [9.17, 15) is 18.0 Å². The molecule has 0 atom stereocenters. The number of anilines is 2. The lowest BCUT2D eigenvalue weighted by atomic mass is 10.1. The highest BCUT2D eigenvalue weighted by Crippen LogP contribution is 2.25. The van der Waals surface area contributed by atoms with E-state index in [-0.39, 0.29) is 22.2 Å². The van der Waals surface area contributed by atoms with E-state index in [0.717, 1.165) is 31.9 Å². The Kier molecular flexibility index (Phi) is 6.99. The smallest absolute Gasteiger partial charge is 0.257 e. The summed E-state index contributed by atoms with van der Waals surface area (Å²) in [5.74, 6) is -0.653. The molecule has 1 fully saturated rings. The molecule has 30 heavy (non-hydrogen) atoms. The zero-order valence-electron chi connectivity index (χ0n) is 16.7. The van der Waals surface area contributed by atoms with Crippen LogP contribution in [0.1, 0.15) is 46.4 Å². The van der Waals surface area contributed by atoms with Crippen molar-refractivity contribution < 1.29 is 18.0 Å². The molecular formula is C21H24ClN3O4S. The van der Waals surface area contributed by atoms with Crippen molar-refractivity contribution in [1.82, 2.24) is 4.90 Å². The Bertz CT molecular complexity index is 1050. The molecule has 0 spiro atoms. The second kappa shape index (κ2) is 9.49. The molecule has 0 bridgehead atoms. The summed E-state index contributed by atoms with van der Waals surface area (Å²) in [5.41, 5.74) is 1.12. The number of carbonyl (C=O) groups is 2. The number of rotatable bonds is 5. The van der Waals surface area contributed by atoms with Crippen LogP contribution >= 0.6 is 11.6 Å². The van der Waals surface area contributed by atoms with Crippen molar-refractivity contribution in [3.8, 4) is 0 Å². The number of hydrogen-bond donors (Lipinski definition) is 2. The number of nitrogens with one attached hydrogen (secondary N) is 2. The second-order valence-corrected chi connectivity index (χ2v) is 9.43. The predicted molar refractivity (Wildman–Crippen MR) is 119 cm³/mol. The molecular weight excluding hydrogens is 426 g/mol. The van der Waals surface area contributed by atoms with E-state index in [2.05, 4.69) is 10.0 Å². The monoisotopic (exact) mass is 449 g/mol. The van der Waals surface area contributed by atoms with E-state index >= 15 is 0 Å². The molecule has 0 saturated carbocycles. The molecule has 9 heteroatoms. The van der Waals surface area contributed by atoms with Gasteiger partial charge in [-0.05, 0) is 43.2 Å². The van der Waals surface area contributed by atoms with Crippen molar-refractivity contribution in [2.75, 3.05) is 29.4 Å². The van der Waals surface area contributed by atoms with Gasteiger partial charge in [-0.15, -0.1) is 0 Å². The maximum Gasteiger partial charge on any atom is 0.257 e. The van der Waals surface area contributed by atoms with Crippen LogP contribution in [0.2, 0.25) is 5.02 Å². The largest absolute Gasteiger partial charge is 0.339 e. The van der Waals surface area contributed by atoms with Crippen molar-refractivity contribution in [2.45, 2.75) is 25.7 Å². The average molecular weight is 450 g/mol. The summed E-state index contributed by atoms with van der Waals surface area (Å²) >= 11 is 6.16. The second-order valence-electron chi connectivity index (χ2n) is 7.27. The minimum absolute atomic E-state index is 0.0994. The molecule has 0 unspecified atom stereocenters. The van der Waals surface area contributed by atoms with Crippen molar-refractivity contribution >= 4 is 44.8 Å². The molecule has 2 aromatic rings. The highest BCUT2D eigenvalue weighted by molar-refractivity contribution is 7.92. The first-order valence-corrected chi connectivity index (χ1v) is 12.0. The number of sulfonamides is 1. The number of carbonyl (C=O) groups excluding carboxylic acids is 2. The molecule has 1 aliphatic heterocycles. The van der Waals surface area contributed by atoms with Crippen molar-refractivity contribution in [1.29, 1.82) is 0 Å². The molecule has 3 rings (SSSR count). The maximum absolute atomic E-state index is 13.0. The summed E-state index contributed by atoms with van der Waals surface area (Å²) in [6.07, 6.45) is 5.18. The van der Waals surface area contributed by atoms with Crippen LogP contribution < -0.4 is 10.0 Å². The van der Waals surface area contributed by atoms with Gasteiger partial charge in [0, 0.05) is 18.8 Å². The van der Waals surface area contributed by atoms with Crippen LogP contribution in [0.3, 0.4) is 0 Å². The molecule has 160 valence electrons. The average Bonchev–Trinajstić information content (AvgIpc) is 2.98. The molecule has 2 N–H and O–H groups in total. The Balaban J connectivity index is 1.84. The lowest BCUT2D eigenvalue weighted by Gasteiger charge is -2.22. The number of benzene rings is 2.